The average Bonchev–Trinajstić information content (AvgIpc) is 0.776. The fourth-order valence-electron chi connectivity index (χ4n) is 14.6. The van der Waals surface area contributed by atoms with Crippen molar-refractivity contribution in [2.45, 2.75) is 215 Å². The molecule has 14 N–H and O–H groups in total. The summed E-state index contributed by atoms with van der Waals surface area (Å²) in [4.78, 5) is 0. The minimum Gasteiger partial charge on any atom is -0.373 e. The van der Waals surface area contributed by atoms with Crippen LogP contribution in [0.2, 0.25) is 0 Å². The van der Waals surface area contributed by atoms with Crippen molar-refractivity contribution in [3.63, 3.8) is 0 Å². The number of methoxy groups -OCH3 is 7. The fraction of sp³-hybridized carbons (Fsp3) is 1.00. The van der Waals surface area contributed by atoms with Gasteiger partial charge < -0.3 is 99.5 Å². The molecule has 35 atom stereocenters. The molecule has 0 aromatic rings. The number of hydrogen-bond donors (Lipinski definition) is 14. The highest BCUT2D eigenvalue weighted by atomic mass is 32.3. The second-order valence-electron chi connectivity index (χ2n) is 28.3. The summed E-state index contributed by atoms with van der Waals surface area (Å²) in [6.45, 7) is -14.5. The van der Waals surface area contributed by atoms with Crippen molar-refractivity contribution in [3.8, 4) is 0 Å². The third kappa shape index (κ3) is 37.2. The summed E-state index contributed by atoms with van der Waals surface area (Å²) in [5.74, 6) is 0. The Bertz CT molecular complexity index is 4880. The Balaban J connectivity index is 1.51. The molecule has 14 bridgehead atoms. The van der Waals surface area contributed by atoms with Crippen LogP contribution >= 0.6 is 0 Å². The van der Waals surface area contributed by atoms with Crippen LogP contribution in [0.1, 0.15) is 0 Å². The summed E-state index contributed by atoms with van der Waals surface area (Å²) < 4.78 is 693. The van der Waals surface area contributed by atoms with E-state index in [0.29, 0.717) is 49.8 Å². The predicted molar refractivity (Wildman–Crippen MR) is 408 cm³/mol. The summed E-state index contributed by atoms with van der Waals surface area (Å²) in [6.07, 6.45) is -108. The first-order valence-corrected chi connectivity index (χ1v) is 55.6. The molecule has 15 saturated heterocycles. The fourth-order valence-corrected chi connectivity index (χ4v) is 20.3. The van der Waals surface area contributed by atoms with Gasteiger partial charge >= 0.3 is 146 Å². The standard InChI is InChI=1S/C49H84O77S14/c1-92-36-29(120-134(71,72)73)22-15(8-99-127(50,51)52)106-43(36)113-23-16(9-100-128(53,54)55)107-45(37(93-2)30(23)121-135(74,75)76)115-25-18(11-102-130(59,60)61)109-47(39(95-4)32(25)123-137(80,81)82)117-27-20(13-104-132(65,66)67)111-49(41(97-6)34(27)125-139(86,87)88)119-28-21(14-105-133(68,69)70)112-48(42(98-7)35(28)126-140(89,90)91)118-26-19(12-103-131(62,63)64)110-46(40(96-5)33(26)124-138(83,84)85)116-24-17(10-101-129(56,57)58)108-44(114-22)38(94-3)31(24)122-136(77,78)79/h15-49H,8-14H2,1-7H3,(H,50,51,52)(H,53,54,55)(H,56,57,58)(H,59,60,61)(H,62,63,64)(H,65,66,67)(H,68,69,70)(H,71,72,73)(H,74,75,76)(H,77,78,79)(H,80,81,82)(H,83,84,85)(H,86,87,88)(H,89,90,91)/t15-,16-,17-,18-,19-,20-,21-,22-,23-,24-,25-,26-,27-,28-,29-,30+,31+,32+,33+,34+,35+,36-,37-,38-,39-,40-,41-,42-,43+,44+,45+,46+,47+,48+,49+/m0/s1. The summed E-state index contributed by atoms with van der Waals surface area (Å²) in [7, 11) is -84.8. The molecule has 15 rings (SSSR count). The van der Waals surface area contributed by atoms with Crippen LogP contribution in [0.5, 0.6) is 0 Å². The average molecular weight is 2350 g/mol. The number of fused-ring (bicyclic) bond motifs is 7. The summed E-state index contributed by atoms with van der Waals surface area (Å²) in [5.41, 5.74) is 0. The lowest BCUT2D eigenvalue weighted by atomic mass is 9.95. The highest BCUT2D eigenvalue weighted by Gasteiger charge is 2.66. The lowest BCUT2D eigenvalue weighted by molar-refractivity contribution is -0.394. The first-order chi connectivity index (χ1) is 63.7. The highest BCUT2D eigenvalue weighted by Crippen LogP contribution is 2.45. The van der Waals surface area contributed by atoms with E-state index in [9.17, 15) is 182 Å². The molecule has 826 valence electrons. The second kappa shape index (κ2) is 47.9. The van der Waals surface area contributed by atoms with Crippen LogP contribution in [0.3, 0.4) is 0 Å². The molecule has 15 heterocycles. The number of ether oxygens (including phenoxy) is 21. The minimum atomic E-state index is -6.44. The molecule has 0 aliphatic carbocycles. The van der Waals surface area contributed by atoms with Crippen LogP contribution in [0.4, 0.5) is 0 Å². The van der Waals surface area contributed by atoms with Gasteiger partial charge in [0.15, 0.2) is 44.0 Å². The van der Waals surface area contributed by atoms with Crippen LogP contribution in [0.15, 0.2) is 0 Å². The zero-order valence-electron chi connectivity index (χ0n) is 69.9. The maximum absolute atomic E-state index is 13.3. The first-order valence-electron chi connectivity index (χ1n) is 36.5. The van der Waals surface area contributed by atoms with Crippen molar-refractivity contribution in [3.05, 3.63) is 0 Å². The molecule has 15 aliphatic heterocycles. The van der Waals surface area contributed by atoms with Crippen molar-refractivity contribution in [2.24, 2.45) is 0 Å². The largest absolute Gasteiger partial charge is 0.397 e. The lowest BCUT2D eigenvalue weighted by Gasteiger charge is -2.52. The van der Waals surface area contributed by atoms with Gasteiger partial charge in [-0.1, -0.05) is 0 Å². The maximum atomic E-state index is 13.3. The van der Waals surface area contributed by atoms with Gasteiger partial charge in [-0.25, -0.2) is 58.6 Å². The number of hydrogen-bond acceptors (Lipinski definition) is 63. The van der Waals surface area contributed by atoms with Crippen LogP contribution < -0.4 is 0 Å². The van der Waals surface area contributed by atoms with Crippen molar-refractivity contribution >= 4 is 146 Å². The smallest absolute Gasteiger partial charge is 0.373 e. The van der Waals surface area contributed by atoms with E-state index >= 15 is 0 Å². The Morgan fingerprint density at radius 2 is 0.243 bits per heavy atom. The first kappa shape index (κ1) is 123. The van der Waals surface area contributed by atoms with Crippen molar-refractivity contribution in [1.82, 2.24) is 0 Å². The highest BCUT2D eigenvalue weighted by molar-refractivity contribution is 7.83. The van der Waals surface area contributed by atoms with Gasteiger partial charge in [0.2, 0.25) is 0 Å². The van der Waals surface area contributed by atoms with Crippen LogP contribution in [0.25, 0.3) is 0 Å². The maximum Gasteiger partial charge on any atom is 0.397 e. The Morgan fingerprint density at radius 1 is 0.150 bits per heavy atom. The molecule has 0 spiro atoms. The van der Waals surface area contributed by atoms with E-state index in [4.69, 9.17) is 129 Å². The third-order valence-electron chi connectivity index (χ3n) is 19.4. The molecule has 0 saturated carbocycles. The van der Waals surface area contributed by atoms with Gasteiger partial charge in [-0.2, -0.15) is 118 Å². The van der Waals surface area contributed by atoms with Crippen molar-refractivity contribution in [1.29, 1.82) is 0 Å². The van der Waals surface area contributed by atoms with Gasteiger partial charge in [0.1, 0.15) is 171 Å². The molecule has 0 radical (unpaired) electrons. The Hall–Kier alpha value is -2.66. The molecule has 15 fully saturated rings. The Morgan fingerprint density at radius 3 is 0.314 bits per heavy atom. The zero-order chi connectivity index (χ0) is 106. The predicted octanol–water partition coefficient (Wildman–Crippen LogP) is -13.1. The molecule has 15 aliphatic rings. The minimum absolute atomic E-state index is 0.414. The van der Waals surface area contributed by atoms with Gasteiger partial charge in [0.25, 0.3) is 0 Å². The Kier molecular flexibility index (Phi) is 41.9. The van der Waals surface area contributed by atoms with E-state index in [1.165, 1.54) is 0 Å². The van der Waals surface area contributed by atoms with Gasteiger partial charge in [0, 0.05) is 49.8 Å². The van der Waals surface area contributed by atoms with E-state index < -0.39 is 407 Å². The molecule has 140 heavy (non-hydrogen) atoms. The molecule has 0 aromatic carbocycles. The molecule has 0 aromatic heterocycles. The molecule has 0 amide bonds. The summed E-state index contributed by atoms with van der Waals surface area (Å²) in [6, 6.07) is 0. The lowest BCUT2D eigenvalue weighted by Crippen LogP contribution is -2.70. The summed E-state index contributed by atoms with van der Waals surface area (Å²) in [5, 5.41) is 0. The van der Waals surface area contributed by atoms with Crippen LogP contribution in [-0.4, -0.2) is 493 Å². The normalized spacial score (nSPS) is 37.5. The van der Waals surface area contributed by atoms with Crippen LogP contribution in [0, 0.1) is 0 Å². The van der Waals surface area contributed by atoms with E-state index in [1.807, 2.05) is 0 Å². The van der Waals surface area contributed by atoms with E-state index in [2.05, 4.69) is 29.3 Å². The SMILES string of the molecule is CO[C@@H]1[C@H]2O[C@@H]3[C@@H](OS(=O)(=O)O)[C@H](OC)[C@@H](O[C@@H]4[C@@H](OS(=O)(=O)O)[C@H](OC)[C@@H](O[C@@H]5[C@@H](OS(=O)(=O)O)[C@H](OC)[C@@H](O[C@@H]6[C@@H](OS(=O)(=O)O)[C@H](OC)[C@@H](O[C@@H]7[C@@H](OS(=O)(=O)O)[C@H](OC)[C@@H](O[C@@H]8[C@@H](OS(=O)(=O)O)[C@H](OC)[C@@H](O[C@H]([C@@H]1OS(=O)(=O)O)[C@H](COS(=O)(=O)O)O2)O[C@H]8COS(=O)(=O)O)O[C@H]7COS(=O)(=O)O)O[C@H]6COS(=O)(=O)O)O[C@H]5COS(=O)(=O)O)O[C@H]4COS(=O)(=O)O)O[C@H]3COS(=O)(=O)O. The van der Waals surface area contributed by atoms with E-state index in [0.717, 1.165) is 0 Å². The molecular formula is C49H84O77S14. The molecule has 77 nitrogen and oxygen atoms in total. The quantitative estimate of drug-likeness (QED) is 0.0252. The molecule has 91 heteroatoms. The molecule has 0 unspecified atom stereocenters. The summed E-state index contributed by atoms with van der Waals surface area (Å²) >= 11 is 0. The zero-order valence-corrected chi connectivity index (χ0v) is 81.3. The second-order valence-corrected chi connectivity index (χ2v) is 43.3. The third-order valence-corrected chi connectivity index (χ3v) is 25.7. The van der Waals surface area contributed by atoms with Crippen LogP contribution in [-0.2, 0) is 304 Å². The van der Waals surface area contributed by atoms with E-state index in [-0.39, 0.29) is 0 Å². The topological polar surface area (TPSA) is 1080 Å². The Labute approximate surface area is 791 Å². The van der Waals surface area contributed by atoms with Crippen molar-refractivity contribution in [2.75, 3.05) is 96.0 Å². The van der Waals surface area contributed by atoms with Crippen molar-refractivity contribution < 1.29 is 340 Å². The molecular weight excluding hydrogens is 2270 g/mol. The number of rotatable bonds is 42. The van der Waals surface area contributed by atoms with Gasteiger partial charge in [-0.05, 0) is 0 Å². The van der Waals surface area contributed by atoms with Gasteiger partial charge in [-0.3, -0.25) is 63.7 Å². The van der Waals surface area contributed by atoms with E-state index in [1.54, 1.807) is 0 Å². The monoisotopic (exact) mass is 2350 g/mol. The van der Waals surface area contributed by atoms with Gasteiger partial charge in [0.05, 0.1) is 46.2 Å². The van der Waals surface area contributed by atoms with Gasteiger partial charge in [-0.15, -0.1) is 0 Å².